The largest absolute Gasteiger partial charge is 0.487 e. The summed E-state index contributed by atoms with van der Waals surface area (Å²) in [6, 6.07) is 6.99. The lowest BCUT2D eigenvalue weighted by Gasteiger charge is -2.19. The topological polar surface area (TPSA) is 55.8 Å². The van der Waals surface area contributed by atoms with Crippen molar-refractivity contribution in [2.24, 2.45) is 5.92 Å². The number of carboxylic acids is 1. The van der Waals surface area contributed by atoms with Gasteiger partial charge < -0.3 is 14.6 Å². The minimum absolute atomic E-state index is 0.129. The quantitative estimate of drug-likeness (QED) is 0.633. The molecule has 1 aliphatic rings. The summed E-state index contributed by atoms with van der Waals surface area (Å²) in [4.78, 5) is 11.1. The number of halogens is 2. The van der Waals surface area contributed by atoms with Crippen LogP contribution in [0.15, 0.2) is 24.3 Å². The Bertz CT molecular complexity index is 939. The van der Waals surface area contributed by atoms with Crippen LogP contribution in [0.4, 0.5) is 4.39 Å². The molecule has 4 nitrogen and oxygen atoms in total. The van der Waals surface area contributed by atoms with Gasteiger partial charge in [0.15, 0.2) is 11.6 Å². The number of rotatable bonds is 7. The summed E-state index contributed by atoms with van der Waals surface area (Å²) >= 11 is 6.24. The highest BCUT2D eigenvalue weighted by Gasteiger charge is 2.32. The molecule has 6 heteroatoms. The van der Waals surface area contributed by atoms with Crippen LogP contribution in [0, 0.1) is 11.7 Å². The number of aliphatic carboxylic acids is 1. The van der Waals surface area contributed by atoms with E-state index >= 15 is 4.39 Å². The van der Waals surface area contributed by atoms with Gasteiger partial charge in [0, 0.05) is 17.0 Å². The Morgan fingerprint density at radius 3 is 2.72 bits per heavy atom. The standard InChI is InChI=1S/C23H26ClFO4/c1-5-18-14(8-13(2)22(26)27)6-7-19(20(18)25)28-12-16-10-17(24)9-15-11-23(3,4)29-21(15)16/h6-7,9-10,13H,5,8,11-12H2,1-4H3,(H,26,27). The van der Waals surface area contributed by atoms with Crippen molar-refractivity contribution < 1.29 is 23.8 Å². The van der Waals surface area contributed by atoms with E-state index in [2.05, 4.69) is 0 Å². The van der Waals surface area contributed by atoms with Crippen LogP contribution >= 0.6 is 11.6 Å². The Kier molecular flexibility index (Phi) is 6.08. The number of ether oxygens (including phenoxy) is 2. The van der Waals surface area contributed by atoms with Gasteiger partial charge in [0.2, 0.25) is 0 Å². The van der Waals surface area contributed by atoms with Gasteiger partial charge in [-0.25, -0.2) is 4.39 Å². The third-order valence-electron chi connectivity index (χ3n) is 5.19. The Labute approximate surface area is 175 Å². The van der Waals surface area contributed by atoms with Gasteiger partial charge in [0.1, 0.15) is 18.0 Å². The average Bonchev–Trinajstić information content (AvgIpc) is 2.94. The number of carbonyl (C=O) groups is 1. The van der Waals surface area contributed by atoms with E-state index in [0.29, 0.717) is 22.6 Å². The summed E-state index contributed by atoms with van der Waals surface area (Å²) in [6.07, 6.45) is 1.48. The fourth-order valence-electron chi connectivity index (χ4n) is 3.75. The number of benzene rings is 2. The molecule has 0 amide bonds. The second-order valence-corrected chi connectivity index (χ2v) is 8.63. The predicted octanol–water partition coefficient (Wildman–Crippen LogP) is 5.60. The first-order valence-corrected chi connectivity index (χ1v) is 10.1. The molecule has 156 valence electrons. The molecular weight excluding hydrogens is 395 g/mol. The zero-order chi connectivity index (χ0) is 21.3. The normalized spacial score (nSPS) is 15.5. The van der Waals surface area contributed by atoms with Crippen molar-refractivity contribution in [3.8, 4) is 11.5 Å². The molecule has 0 aliphatic carbocycles. The maximum absolute atomic E-state index is 15.0. The molecule has 0 aromatic heterocycles. The lowest BCUT2D eigenvalue weighted by Crippen LogP contribution is -2.25. The van der Waals surface area contributed by atoms with E-state index in [-0.39, 0.29) is 24.4 Å². The Hall–Kier alpha value is -2.27. The lowest BCUT2D eigenvalue weighted by molar-refractivity contribution is -0.141. The molecule has 0 saturated heterocycles. The van der Waals surface area contributed by atoms with Gasteiger partial charge in [-0.3, -0.25) is 4.79 Å². The van der Waals surface area contributed by atoms with Crippen molar-refractivity contribution in [3.05, 3.63) is 57.4 Å². The molecule has 1 aliphatic heterocycles. The molecule has 1 N–H and O–H groups in total. The highest BCUT2D eigenvalue weighted by molar-refractivity contribution is 6.30. The molecule has 29 heavy (non-hydrogen) atoms. The first kappa shape index (κ1) is 21.4. The van der Waals surface area contributed by atoms with Crippen LogP contribution in [0.1, 0.15) is 49.9 Å². The SMILES string of the molecule is CCc1c(CC(C)C(=O)O)ccc(OCc2cc(Cl)cc3c2OC(C)(C)C3)c1F. The molecule has 1 unspecified atom stereocenters. The van der Waals surface area contributed by atoms with E-state index in [1.807, 2.05) is 26.8 Å². The summed E-state index contributed by atoms with van der Waals surface area (Å²) < 4.78 is 26.9. The zero-order valence-electron chi connectivity index (χ0n) is 17.1. The Morgan fingerprint density at radius 1 is 1.34 bits per heavy atom. The summed E-state index contributed by atoms with van der Waals surface area (Å²) in [5, 5.41) is 9.73. The Morgan fingerprint density at radius 2 is 2.07 bits per heavy atom. The molecule has 0 spiro atoms. The first-order chi connectivity index (χ1) is 13.6. The molecular formula is C23H26ClFO4. The van der Waals surface area contributed by atoms with Gasteiger partial charge >= 0.3 is 5.97 Å². The summed E-state index contributed by atoms with van der Waals surface area (Å²) in [6.45, 7) is 7.61. The van der Waals surface area contributed by atoms with E-state index in [1.54, 1.807) is 25.1 Å². The van der Waals surface area contributed by atoms with Crippen molar-refractivity contribution in [2.75, 3.05) is 0 Å². The van der Waals surface area contributed by atoms with E-state index in [9.17, 15) is 4.79 Å². The van der Waals surface area contributed by atoms with Crippen LogP contribution in [0.2, 0.25) is 5.02 Å². The molecule has 1 heterocycles. The van der Waals surface area contributed by atoms with Crippen LogP contribution in [-0.2, 0) is 30.7 Å². The number of carboxylic acid groups (broad SMARTS) is 1. The number of hydrogen-bond donors (Lipinski definition) is 1. The van der Waals surface area contributed by atoms with E-state index in [0.717, 1.165) is 23.3 Å². The van der Waals surface area contributed by atoms with Gasteiger partial charge in [0.25, 0.3) is 0 Å². The molecule has 2 aromatic carbocycles. The Balaban J connectivity index is 1.83. The lowest BCUT2D eigenvalue weighted by atomic mass is 9.95. The molecule has 3 rings (SSSR count). The van der Waals surface area contributed by atoms with Gasteiger partial charge in [-0.15, -0.1) is 0 Å². The first-order valence-electron chi connectivity index (χ1n) is 9.77. The van der Waals surface area contributed by atoms with Crippen LogP contribution in [0.25, 0.3) is 0 Å². The molecule has 0 bridgehead atoms. The smallest absolute Gasteiger partial charge is 0.306 e. The van der Waals surface area contributed by atoms with Crippen LogP contribution in [0.5, 0.6) is 11.5 Å². The molecule has 1 atom stereocenters. The van der Waals surface area contributed by atoms with Gasteiger partial charge in [-0.05, 0) is 61.6 Å². The van der Waals surface area contributed by atoms with Gasteiger partial charge in [-0.2, -0.15) is 0 Å². The maximum Gasteiger partial charge on any atom is 0.306 e. The van der Waals surface area contributed by atoms with E-state index < -0.39 is 17.7 Å². The monoisotopic (exact) mass is 420 g/mol. The summed E-state index contributed by atoms with van der Waals surface area (Å²) in [5.74, 6) is -1.03. The molecule has 0 fully saturated rings. The number of hydrogen-bond acceptors (Lipinski definition) is 3. The van der Waals surface area contributed by atoms with Crippen molar-refractivity contribution in [2.45, 2.75) is 59.2 Å². The minimum atomic E-state index is -0.898. The third kappa shape index (κ3) is 4.67. The average molecular weight is 421 g/mol. The van der Waals surface area contributed by atoms with Gasteiger partial charge in [-0.1, -0.05) is 31.5 Å². The predicted molar refractivity (Wildman–Crippen MR) is 110 cm³/mol. The summed E-state index contributed by atoms with van der Waals surface area (Å²) in [5.41, 5.74) is 2.67. The van der Waals surface area contributed by atoms with Crippen molar-refractivity contribution in [1.29, 1.82) is 0 Å². The maximum atomic E-state index is 15.0. The van der Waals surface area contributed by atoms with E-state index in [4.69, 9.17) is 26.2 Å². The fraction of sp³-hybridized carbons (Fsp3) is 0.435. The molecule has 0 radical (unpaired) electrons. The van der Waals surface area contributed by atoms with Crippen LogP contribution in [0.3, 0.4) is 0 Å². The third-order valence-corrected chi connectivity index (χ3v) is 5.41. The minimum Gasteiger partial charge on any atom is -0.487 e. The molecule has 2 aromatic rings. The highest BCUT2D eigenvalue weighted by atomic mass is 35.5. The van der Waals surface area contributed by atoms with Crippen molar-refractivity contribution >= 4 is 17.6 Å². The van der Waals surface area contributed by atoms with Gasteiger partial charge in [0.05, 0.1) is 5.92 Å². The van der Waals surface area contributed by atoms with Crippen LogP contribution < -0.4 is 9.47 Å². The van der Waals surface area contributed by atoms with Crippen molar-refractivity contribution in [3.63, 3.8) is 0 Å². The fourth-order valence-corrected chi connectivity index (χ4v) is 4.01. The number of fused-ring (bicyclic) bond motifs is 1. The van der Waals surface area contributed by atoms with Crippen LogP contribution in [-0.4, -0.2) is 16.7 Å². The zero-order valence-corrected chi connectivity index (χ0v) is 17.9. The molecule has 0 saturated carbocycles. The highest BCUT2D eigenvalue weighted by Crippen LogP contribution is 2.40. The summed E-state index contributed by atoms with van der Waals surface area (Å²) in [7, 11) is 0. The second-order valence-electron chi connectivity index (χ2n) is 8.19. The van der Waals surface area contributed by atoms with E-state index in [1.165, 1.54) is 0 Å². The second kappa shape index (κ2) is 8.23. The van der Waals surface area contributed by atoms with Crippen molar-refractivity contribution in [1.82, 2.24) is 0 Å².